The highest BCUT2D eigenvalue weighted by Gasteiger charge is 2.08. The van der Waals surface area contributed by atoms with Crippen molar-refractivity contribution in [2.45, 2.75) is 12.8 Å². The number of aliphatic hydroxyl groups is 1. The summed E-state index contributed by atoms with van der Waals surface area (Å²) in [4.78, 5) is 0. The highest BCUT2D eigenvalue weighted by molar-refractivity contribution is 6.32. The fourth-order valence-corrected chi connectivity index (χ4v) is 2.62. The van der Waals surface area contributed by atoms with Gasteiger partial charge in [0.25, 0.3) is 0 Å². The number of methoxy groups -OCH3 is 2. The van der Waals surface area contributed by atoms with Crippen molar-refractivity contribution in [1.82, 2.24) is 0 Å². The first-order valence-corrected chi connectivity index (χ1v) is 9.62. The van der Waals surface area contributed by atoms with Gasteiger partial charge in [-0.25, -0.2) is 0 Å². The molecular formula is C20H25Cl2N3O5. The predicted molar refractivity (Wildman–Crippen MR) is 118 cm³/mol. The van der Waals surface area contributed by atoms with Crippen molar-refractivity contribution < 1.29 is 24.1 Å². The molecule has 0 heterocycles. The van der Waals surface area contributed by atoms with E-state index in [-0.39, 0.29) is 13.2 Å². The maximum absolute atomic E-state index is 8.58. The van der Waals surface area contributed by atoms with E-state index in [9.17, 15) is 0 Å². The number of benzene rings is 2. The lowest BCUT2D eigenvalue weighted by molar-refractivity contribution is 0.201. The van der Waals surface area contributed by atoms with Crippen LogP contribution in [0.5, 0.6) is 23.0 Å². The summed E-state index contributed by atoms with van der Waals surface area (Å²) in [6.07, 6.45) is 1.13. The summed E-state index contributed by atoms with van der Waals surface area (Å²) in [7, 11) is 3.04. The Bertz CT molecular complexity index is 859. The van der Waals surface area contributed by atoms with Crippen LogP contribution >= 0.6 is 23.2 Å². The molecular weight excluding hydrogens is 433 g/mol. The molecule has 0 amide bonds. The van der Waals surface area contributed by atoms with Crippen molar-refractivity contribution in [1.29, 1.82) is 5.26 Å². The van der Waals surface area contributed by atoms with Crippen LogP contribution in [0.15, 0.2) is 24.3 Å². The molecule has 0 fully saturated rings. The minimum absolute atomic E-state index is 0.0664. The summed E-state index contributed by atoms with van der Waals surface area (Å²) in [5.41, 5.74) is 12.2. The molecule has 0 unspecified atom stereocenters. The Hall–Kier alpha value is -2.73. The third kappa shape index (κ3) is 7.95. The third-order valence-corrected chi connectivity index (χ3v) is 4.20. The molecule has 2 rings (SSSR count). The summed E-state index contributed by atoms with van der Waals surface area (Å²) in [6.45, 7) is 0.566. The fraction of sp³-hybridized carbons (Fsp3) is 0.350. The number of nitrogens with two attached hydrogens (primary N) is 2. The van der Waals surface area contributed by atoms with Crippen LogP contribution in [0.1, 0.15) is 12.8 Å². The molecule has 0 aliphatic heterocycles. The number of halogens is 2. The molecule has 0 saturated carbocycles. The van der Waals surface area contributed by atoms with Gasteiger partial charge in [-0.1, -0.05) is 23.2 Å². The Kier molecular flexibility index (Phi) is 11.4. The molecule has 164 valence electrons. The van der Waals surface area contributed by atoms with Gasteiger partial charge in [0.15, 0.2) is 0 Å². The maximum atomic E-state index is 8.58. The highest BCUT2D eigenvalue weighted by atomic mass is 35.5. The molecule has 0 atom stereocenters. The lowest BCUT2D eigenvalue weighted by Crippen LogP contribution is -2.03. The van der Waals surface area contributed by atoms with Gasteiger partial charge in [-0.15, -0.1) is 0 Å². The average molecular weight is 458 g/mol. The second kappa shape index (κ2) is 13.5. The Morgan fingerprint density at radius 3 is 1.73 bits per heavy atom. The second-order valence-corrected chi connectivity index (χ2v) is 6.55. The summed E-state index contributed by atoms with van der Waals surface area (Å²) >= 11 is 11.8. The molecule has 30 heavy (non-hydrogen) atoms. The van der Waals surface area contributed by atoms with Crippen molar-refractivity contribution in [3.63, 3.8) is 0 Å². The highest BCUT2D eigenvalue weighted by Crippen LogP contribution is 2.35. The van der Waals surface area contributed by atoms with Gasteiger partial charge < -0.3 is 35.5 Å². The van der Waals surface area contributed by atoms with Crippen LogP contribution in [-0.4, -0.2) is 39.1 Å². The van der Waals surface area contributed by atoms with Crippen LogP contribution in [0.25, 0.3) is 0 Å². The van der Waals surface area contributed by atoms with Gasteiger partial charge in [0.2, 0.25) is 0 Å². The van der Waals surface area contributed by atoms with E-state index >= 15 is 0 Å². The van der Waals surface area contributed by atoms with Crippen molar-refractivity contribution >= 4 is 34.6 Å². The Morgan fingerprint density at radius 1 is 0.867 bits per heavy atom. The number of nitrogen functional groups attached to an aromatic ring is 2. The van der Waals surface area contributed by atoms with Crippen LogP contribution in [0.4, 0.5) is 11.4 Å². The van der Waals surface area contributed by atoms with Gasteiger partial charge >= 0.3 is 0 Å². The van der Waals surface area contributed by atoms with Crippen LogP contribution in [0.2, 0.25) is 10.0 Å². The number of unbranched alkanes of at least 4 members (excludes halogenated alkanes) is 1. The standard InChI is InChI=1S/C11H13ClN2O2.C9H12ClNO3/c1-15-11-7-10(8(12)6-9(11)14)16-5-3-2-4-13;1-13-9-5-8(14-3-2-12)6(10)4-7(9)11/h6-7H,2-3,5,14H2,1H3;4-5,12H,2-3,11H2,1H3. The molecule has 2 aromatic carbocycles. The van der Waals surface area contributed by atoms with Crippen LogP contribution in [-0.2, 0) is 0 Å². The van der Waals surface area contributed by atoms with Crippen molar-refractivity contribution in [3.8, 4) is 29.1 Å². The first-order chi connectivity index (χ1) is 14.4. The molecule has 0 radical (unpaired) electrons. The molecule has 0 saturated heterocycles. The Labute approximate surface area is 185 Å². The minimum atomic E-state index is -0.0664. The second-order valence-electron chi connectivity index (χ2n) is 5.73. The van der Waals surface area contributed by atoms with Gasteiger partial charge in [0.05, 0.1) is 54.9 Å². The monoisotopic (exact) mass is 457 g/mol. The number of rotatable bonds is 9. The van der Waals surface area contributed by atoms with E-state index in [1.165, 1.54) is 14.2 Å². The van der Waals surface area contributed by atoms with Crippen LogP contribution in [0, 0.1) is 11.3 Å². The molecule has 8 nitrogen and oxygen atoms in total. The summed E-state index contributed by atoms with van der Waals surface area (Å²) in [5, 5.41) is 17.8. The summed E-state index contributed by atoms with van der Waals surface area (Å²) < 4.78 is 20.6. The summed E-state index contributed by atoms with van der Waals surface area (Å²) in [5.74, 6) is 2.00. The molecule has 0 aliphatic carbocycles. The lowest BCUT2D eigenvalue weighted by atomic mass is 10.3. The zero-order valence-electron chi connectivity index (χ0n) is 16.8. The molecule has 0 bridgehead atoms. The number of anilines is 2. The fourth-order valence-electron chi connectivity index (χ4n) is 2.16. The molecule has 2 aromatic rings. The first-order valence-electron chi connectivity index (χ1n) is 8.87. The van der Waals surface area contributed by atoms with Gasteiger partial charge in [-0.3, -0.25) is 0 Å². The zero-order chi connectivity index (χ0) is 22.5. The van der Waals surface area contributed by atoms with E-state index < -0.39 is 0 Å². The van der Waals surface area contributed by atoms with E-state index in [1.54, 1.807) is 24.3 Å². The molecule has 0 aromatic heterocycles. The van der Waals surface area contributed by atoms with Gasteiger partial charge in [-0.05, 0) is 18.6 Å². The summed E-state index contributed by atoms with van der Waals surface area (Å²) in [6, 6.07) is 8.41. The Morgan fingerprint density at radius 2 is 1.33 bits per heavy atom. The van der Waals surface area contributed by atoms with Crippen LogP contribution < -0.4 is 30.4 Å². The maximum Gasteiger partial charge on any atom is 0.145 e. The number of hydrogen-bond acceptors (Lipinski definition) is 8. The van der Waals surface area contributed by atoms with Crippen molar-refractivity contribution in [2.24, 2.45) is 0 Å². The van der Waals surface area contributed by atoms with E-state index in [4.69, 9.17) is 64.0 Å². The Balaban J connectivity index is 0.000000303. The van der Waals surface area contributed by atoms with E-state index in [1.807, 2.05) is 6.07 Å². The van der Waals surface area contributed by atoms with Crippen LogP contribution in [0.3, 0.4) is 0 Å². The number of nitrogens with zero attached hydrogens (tertiary/aromatic N) is 1. The average Bonchev–Trinajstić information content (AvgIpc) is 2.72. The number of aliphatic hydroxyl groups excluding tert-OH is 1. The van der Waals surface area contributed by atoms with Gasteiger partial charge in [-0.2, -0.15) is 5.26 Å². The van der Waals surface area contributed by atoms with Gasteiger partial charge in [0.1, 0.15) is 29.6 Å². The van der Waals surface area contributed by atoms with Crippen molar-refractivity contribution in [2.75, 3.05) is 45.5 Å². The minimum Gasteiger partial charge on any atom is -0.494 e. The SMILES string of the molecule is COc1cc(OCCCC#N)c(Cl)cc1N.COc1cc(OCCO)c(Cl)cc1N. The number of hydrogen-bond donors (Lipinski definition) is 3. The smallest absolute Gasteiger partial charge is 0.145 e. The predicted octanol–water partition coefficient (Wildman–Crippen LogP) is 3.92. The zero-order valence-corrected chi connectivity index (χ0v) is 18.3. The molecule has 10 heteroatoms. The normalized spacial score (nSPS) is 9.73. The van der Waals surface area contributed by atoms with E-state index in [0.717, 1.165) is 0 Å². The van der Waals surface area contributed by atoms with Crippen molar-refractivity contribution in [3.05, 3.63) is 34.3 Å². The van der Waals surface area contributed by atoms with E-state index in [2.05, 4.69) is 0 Å². The van der Waals surface area contributed by atoms with E-state index in [0.29, 0.717) is 63.9 Å². The molecule has 0 spiro atoms. The lowest BCUT2D eigenvalue weighted by Gasteiger charge is -2.10. The number of ether oxygens (including phenoxy) is 4. The largest absolute Gasteiger partial charge is 0.494 e. The number of nitriles is 1. The molecule has 0 aliphatic rings. The topological polar surface area (TPSA) is 133 Å². The molecule has 5 N–H and O–H groups in total. The third-order valence-electron chi connectivity index (χ3n) is 3.61. The first kappa shape index (κ1) is 25.3. The quantitative estimate of drug-likeness (QED) is 0.381. The van der Waals surface area contributed by atoms with Gasteiger partial charge in [0, 0.05) is 18.6 Å².